The van der Waals surface area contributed by atoms with Gasteiger partial charge in [0, 0.05) is 24.7 Å². The van der Waals surface area contributed by atoms with Crippen LogP contribution in [0.5, 0.6) is 0 Å². The van der Waals surface area contributed by atoms with E-state index in [0.29, 0.717) is 24.6 Å². The molecule has 2 fully saturated rings. The van der Waals surface area contributed by atoms with Gasteiger partial charge in [-0.2, -0.15) is 4.31 Å². The predicted octanol–water partition coefficient (Wildman–Crippen LogP) is 3.66. The molecule has 6 heteroatoms. The summed E-state index contributed by atoms with van der Waals surface area (Å²) in [5.41, 5.74) is 0.879. The van der Waals surface area contributed by atoms with E-state index in [9.17, 15) is 13.2 Å². The molecule has 3 unspecified atom stereocenters. The maximum absolute atomic E-state index is 12.8. The van der Waals surface area contributed by atoms with Crippen LogP contribution in [0.15, 0.2) is 29.2 Å². The highest BCUT2D eigenvalue weighted by atomic mass is 32.2. The number of benzene rings is 1. The summed E-state index contributed by atoms with van der Waals surface area (Å²) in [7, 11) is -3.50. The van der Waals surface area contributed by atoms with Crippen LogP contribution in [0.25, 0.3) is 0 Å². The molecule has 3 rings (SSSR count). The van der Waals surface area contributed by atoms with E-state index in [1.807, 2.05) is 13.8 Å². The number of carbonyl (C=O) groups is 1. The molecule has 0 radical (unpaired) electrons. The van der Waals surface area contributed by atoms with Crippen LogP contribution in [-0.4, -0.2) is 37.8 Å². The molecule has 150 valence electrons. The van der Waals surface area contributed by atoms with Gasteiger partial charge in [-0.1, -0.05) is 34.6 Å². The molecule has 1 N–H and O–H groups in total. The normalized spacial score (nSPS) is 29.3. The molecule has 2 bridgehead atoms. The maximum Gasteiger partial charge on any atom is 0.251 e. The minimum absolute atomic E-state index is 0.114. The fourth-order valence-electron chi connectivity index (χ4n) is 5.15. The van der Waals surface area contributed by atoms with E-state index >= 15 is 0 Å². The number of amides is 1. The fraction of sp³-hybridized carbons (Fsp3) is 0.667. The van der Waals surface area contributed by atoms with Crippen molar-refractivity contribution in [1.29, 1.82) is 0 Å². The van der Waals surface area contributed by atoms with Crippen LogP contribution >= 0.6 is 0 Å². The average molecular weight is 393 g/mol. The van der Waals surface area contributed by atoms with Gasteiger partial charge in [-0.25, -0.2) is 8.42 Å². The number of carbonyl (C=O) groups excluding carboxylic acids is 1. The van der Waals surface area contributed by atoms with E-state index in [-0.39, 0.29) is 27.7 Å². The smallest absolute Gasteiger partial charge is 0.251 e. The molecule has 1 aromatic rings. The van der Waals surface area contributed by atoms with Crippen molar-refractivity contribution in [2.24, 2.45) is 16.7 Å². The average Bonchev–Trinajstić information content (AvgIpc) is 2.96. The van der Waals surface area contributed by atoms with Gasteiger partial charge in [0.05, 0.1) is 4.90 Å². The lowest BCUT2D eigenvalue weighted by Gasteiger charge is -2.39. The van der Waals surface area contributed by atoms with Crippen molar-refractivity contribution in [2.45, 2.75) is 64.8 Å². The molecule has 2 aliphatic carbocycles. The standard InChI is InChI=1S/C21H32N2O3S/c1-6-23(7-2)27(25,26)17-10-8-15(9-11-17)19(24)22-18-14-16-12-13-21(18,5)20(16,3)4/h8-11,16,18H,6-7,12-14H2,1-5H3,(H,22,24). The fourth-order valence-corrected chi connectivity index (χ4v) is 6.61. The molecule has 0 spiro atoms. The van der Waals surface area contributed by atoms with Gasteiger partial charge in [0.15, 0.2) is 0 Å². The molecule has 1 aromatic carbocycles. The van der Waals surface area contributed by atoms with Gasteiger partial charge in [0.1, 0.15) is 0 Å². The molecule has 27 heavy (non-hydrogen) atoms. The molecule has 5 nitrogen and oxygen atoms in total. The van der Waals surface area contributed by atoms with E-state index < -0.39 is 10.0 Å². The summed E-state index contributed by atoms with van der Waals surface area (Å²) in [5, 5.41) is 3.23. The highest BCUT2D eigenvalue weighted by Gasteiger charge is 2.61. The zero-order valence-corrected chi connectivity index (χ0v) is 17.9. The second-order valence-corrected chi connectivity index (χ2v) is 10.7. The first-order valence-corrected chi connectivity index (χ1v) is 11.4. The molecule has 2 aliphatic rings. The SMILES string of the molecule is CCN(CC)S(=O)(=O)c1ccc(C(=O)NC2CC3CCC2(C)C3(C)C)cc1. The van der Waals surface area contributed by atoms with Gasteiger partial charge >= 0.3 is 0 Å². The number of nitrogens with one attached hydrogen (secondary N) is 1. The van der Waals surface area contributed by atoms with Gasteiger partial charge < -0.3 is 5.32 Å². The Labute approximate surface area is 163 Å². The second-order valence-electron chi connectivity index (χ2n) is 8.75. The van der Waals surface area contributed by atoms with Gasteiger partial charge in [-0.3, -0.25) is 4.79 Å². The van der Waals surface area contributed by atoms with Gasteiger partial charge in [-0.15, -0.1) is 0 Å². The summed E-state index contributed by atoms with van der Waals surface area (Å²) in [6.07, 6.45) is 3.42. The zero-order chi connectivity index (χ0) is 20.0. The Balaban J connectivity index is 1.74. The third-order valence-electron chi connectivity index (χ3n) is 7.56. The lowest BCUT2D eigenvalue weighted by Crippen LogP contribution is -2.46. The van der Waals surface area contributed by atoms with E-state index in [0.717, 1.165) is 12.8 Å². The van der Waals surface area contributed by atoms with Gasteiger partial charge in [-0.05, 0) is 60.3 Å². The number of hydrogen-bond donors (Lipinski definition) is 1. The number of sulfonamides is 1. The monoisotopic (exact) mass is 392 g/mol. The first-order valence-electron chi connectivity index (χ1n) is 9.99. The zero-order valence-electron chi connectivity index (χ0n) is 17.1. The van der Waals surface area contributed by atoms with Crippen molar-refractivity contribution in [2.75, 3.05) is 13.1 Å². The van der Waals surface area contributed by atoms with Crippen LogP contribution in [0.4, 0.5) is 0 Å². The van der Waals surface area contributed by atoms with Crippen molar-refractivity contribution in [3.63, 3.8) is 0 Å². The van der Waals surface area contributed by atoms with E-state index in [1.165, 1.54) is 22.9 Å². The summed E-state index contributed by atoms with van der Waals surface area (Å²) in [4.78, 5) is 13.0. The minimum atomic E-state index is -3.50. The van der Waals surface area contributed by atoms with Crippen LogP contribution in [0.1, 0.15) is 64.2 Å². The summed E-state index contributed by atoms with van der Waals surface area (Å²) in [6, 6.07) is 6.49. The van der Waals surface area contributed by atoms with Crippen LogP contribution in [-0.2, 0) is 10.0 Å². The quantitative estimate of drug-likeness (QED) is 0.803. The van der Waals surface area contributed by atoms with E-state index in [1.54, 1.807) is 12.1 Å². The molecule has 3 atom stereocenters. The van der Waals surface area contributed by atoms with Gasteiger partial charge in [0.25, 0.3) is 5.91 Å². The third kappa shape index (κ3) is 3.11. The molecular weight excluding hydrogens is 360 g/mol. The molecule has 2 saturated carbocycles. The molecule has 0 aromatic heterocycles. The molecule has 0 saturated heterocycles. The summed E-state index contributed by atoms with van der Waals surface area (Å²) in [5.74, 6) is 0.547. The summed E-state index contributed by atoms with van der Waals surface area (Å²) >= 11 is 0. The Kier molecular flexibility index (Phi) is 5.19. The minimum Gasteiger partial charge on any atom is -0.349 e. The predicted molar refractivity (Wildman–Crippen MR) is 107 cm³/mol. The lowest BCUT2D eigenvalue weighted by atomic mass is 9.69. The number of fused-ring (bicyclic) bond motifs is 2. The highest BCUT2D eigenvalue weighted by molar-refractivity contribution is 7.89. The molecule has 0 heterocycles. The van der Waals surface area contributed by atoms with Gasteiger partial charge in [0.2, 0.25) is 10.0 Å². The Morgan fingerprint density at radius 3 is 2.19 bits per heavy atom. The van der Waals surface area contributed by atoms with Crippen molar-refractivity contribution < 1.29 is 13.2 Å². The largest absolute Gasteiger partial charge is 0.349 e. The van der Waals surface area contributed by atoms with Crippen molar-refractivity contribution >= 4 is 15.9 Å². The van der Waals surface area contributed by atoms with Crippen LogP contribution < -0.4 is 5.32 Å². The topological polar surface area (TPSA) is 66.5 Å². The number of nitrogens with zero attached hydrogens (tertiary/aromatic N) is 1. The van der Waals surface area contributed by atoms with Crippen molar-refractivity contribution in [3.8, 4) is 0 Å². The lowest BCUT2D eigenvalue weighted by molar-refractivity contribution is 0.0826. The number of rotatable bonds is 6. The van der Waals surface area contributed by atoms with E-state index in [4.69, 9.17) is 0 Å². The van der Waals surface area contributed by atoms with Crippen molar-refractivity contribution in [1.82, 2.24) is 9.62 Å². The maximum atomic E-state index is 12.8. The summed E-state index contributed by atoms with van der Waals surface area (Å²) in [6.45, 7) is 11.4. The summed E-state index contributed by atoms with van der Waals surface area (Å²) < 4.78 is 26.6. The molecule has 1 amide bonds. The van der Waals surface area contributed by atoms with Crippen LogP contribution in [0, 0.1) is 16.7 Å². The Morgan fingerprint density at radius 1 is 1.15 bits per heavy atom. The van der Waals surface area contributed by atoms with E-state index in [2.05, 4.69) is 26.1 Å². The van der Waals surface area contributed by atoms with Crippen molar-refractivity contribution in [3.05, 3.63) is 29.8 Å². The third-order valence-corrected chi connectivity index (χ3v) is 9.62. The van der Waals surface area contributed by atoms with Crippen LogP contribution in [0.2, 0.25) is 0 Å². The Hall–Kier alpha value is -1.40. The highest BCUT2D eigenvalue weighted by Crippen LogP contribution is 2.65. The Bertz CT molecular complexity index is 812. The first-order chi connectivity index (χ1) is 12.6. The second kappa shape index (κ2) is 6.89. The van der Waals surface area contributed by atoms with Crippen LogP contribution in [0.3, 0.4) is 0 Å². The molecular formula is C21H32N2O3S. The Morgan fingerprint density at radius 2 is 1.74 bits per heavy atom. The first kappa shape index (κ1) is 20.3. The molecule has 0 aliphatic heterocycles. The number of hydrogen-bond acceptors (Lipinski definition) is 3.